The van der Waals surface area contributed by atoms with Gasteiger partial charge in [-0.05, 0) is 24.1 Å². The summed E-state index contributed by atoms with van der Waals surface area (Å²) >= 11 is 0. The smallest absolute Gasteiger partial charge is 0.233 e. The van der Waals surface area contributed by atoms with E-state index in [1.165, 1.54) is 4.90 Å². The topological polar surface area (TPSA) is 78.5 Å². The summed E-state index contributed by atoms with van der Waals surface area (Å²) in [6.45, 7) is 2.60. The predicted molar refractivity (Wildman–Crippen MR) is 111 cm³/mol. The second kappa shape index (κ2) is 10.9. The fourth-order valence-corrected chi connectivity index (χ4v) is 2.70. The Morgan fingerprint density at radius 1 is 0.929 bits per heavy atom. The van der Waals surface area contributed by atoms with Crippen LogP contribution in [0.15, 0.2) is 54.6 Å². The van der Waals surface area contributed by atoms with Crippen molar-refractivity contribution in [1.29, 1.82) is 0 Å². The molecule has 0 aromatic heterocycles. The van der Waals surface area contributed by atoms with Gasteiger partial charge in [-0.15, -0.1) is 0 Å². The van der Waals surface area contributed by atoms with Crippen molar-refractivity contribution in [3.63, 3.8) is 0 Å². The van der Waals surface area contributed by atoms with Crippen LogP contribution in [0.25, 0.3) is 0 Å². The average molecular weight is 381 g/mol. The highest BCUT2D eigenvalue weighted by Gasteiger charge is 2.17. The van der Waals surface area contributed by atoms with E-state index in [1.807, 2.05) is 37.3 Å². The van der Waals surface area contributed by atoms with Crippen LogP contribution >= 0.6 is 0 Å². The number of nitrogens with one attached hydrogen (secondary N) is 2. The molecule has 3 amide bonds. The number of rotatable bonds is 9. The van der Waals surface area contributed by atoms with Gasteiger partial charge in [0, 0.05) is 13.6 Å². The summed E-state index contributed by atoms with van der Waals surface area (Å²) in [6, 6.07) is 16.5. The summed E-state index contributed by atoms with van der Waals surface area (Å²) in [4.78, 5) is 38.2. The van der Waals surface area contributed by atoms with Gasteiger partial charge < -0.3 is 15.5 Å². The van der Waals surface area contributed by atoms with Crippen molar-refractivity contribution in [1.82, 2.24) is 5.32 Å². The molecule has 0 fully saturated rings. The largest absolute Gasteiger partial charge is 0.356 e. The van der Waals surface area contributed by atoms with E-state index in [0.717, 1.165) is 18.4 Å². The highest BCUT2D eigenvalue weighted by molar-refractivity contribution is 6.06. The van der Waals surface area contributed by atoms with Crippen molar-refractivity contribution >= 4 is 29.1 Å². The number of anilines is 2. The molecule has 0 bridgehead atoms. The third-order valence-electron chi connectivity index (χ3n) is 4.29. The van der Waals surface area contributed by atoms with Crippen LogP contribution in [0.1, 0.15) is 31.7 Å². The Morgan fingerprint density at radius 2 is 1.61 bits per heavy atom. The molecule has 148 valence electrons. The molecule has 2 N–H and O–H groups in total. The van der Waals surface area contributed by atoms with Gasteiger partial charge in [-0.3, -0.25) is 14.4 Å². The number of benzene rings is 2. The SMILES string of the molecule is CCCCNC(=O)CC(=O)Nc1ccccc1N(C)C(=O)Cc1ccccc1. The normalized spacial score (nSPS) is 10.2. The third kappa shape index (κ3) is 6.54. The van der Waals surface area contributed by atoms with E-state index in [2.05, 4.69) is 10.6 Å². The zero-order chi connectivity index (χ0) is 20.4. The van der Waals surface area contributed by atoms with Gasteiger partial charge in [-0.25, -0.2) is 0 Å². The van der Waals surface area contributed by atoms with Gasteiger partial charge >= 0.3 is 0 Å². The van der Waals surface area contributed by atoms with E-state index >= 15 is 0 Å². The van der Waals surface area contributed by atoms with Crippen LogP contribution in [0.4, 0.5) is 11.4 Å². The Balaban J connectivity index is 2.00. The molecule has 2 aromatic rings. The molecule has 0 spiro atoms. The highest BCUT2D eigenvalue weighted by atomic mass is 16.2. The summed E-state index contributed by atoms with van der Waals surface area (Å²) in [5.74, 6) is -0.812. The maximum atomic E-state index is 12.6. The molecule has 28 heavy (non-hydrogen) atoms. The summed E-state index contributed by atoms with van der Waals surface area (Å²) in [5.41, 5.74) is 2.01. The standard InChI is InChI=1S/C22H27N3O3/c1-3-4-14-23-20(26)16-21(27)24-18-12-8-9-13-19(18)25(2)22(28)15-17-10-6-5-7-11-17/h5-13H,3-4,14-16H2,1-2H3,(H,23,26)(H,24,27). The molecule has 0 saturated carbocycles. The van der Waals surface area contributed by atoms with Crippen LogP contribution in [0.3, 0.4) is 0 Å². The lowest BCUT2D eigenvalue weighted by atomic mass is 10.1. The maximum Gasteiger partial charge on any atom is 0.233 e. The lowest BCUT2D eigenvalue weighted by Crippen LogP contribution is -2.31. The van der Waals surface area contributed by atoms with Gasteiger partial charge in [0.05, 0.1) is 17.8 Å². The van der Waals surface area contributed by atoms with E-state index in [-0.39, 0.29) is 24.7 Å². The summed E-state index contributed by atoms with van der Waals surface area (Å²) < 4.78 is 0. The number of para-hydroxylation sites is 2. The van der Waals surface area contributed by atoms with Crippen LogP contribution < -0.4 is 15.5 Å². The molecule has 0 aliphatic rings. The highest BCUT2D eigenvalue weighted by Crippen LogP contribution is 2.25. The number of hydrogen-bond acceptors (Lipinski definition) is 3. The van der Waals surface area contributed by atoms with Gasteiger partial charge in [-0.2, -0.15) is 0 Å². The Hall–Kier alpha value is -3.15. The lowest BCUT2D eigenvalue weighted by molar-refractivity contribution is -0.126. The molecule has 2 rings (SSSR count). The molecule has 0 aliphatic heterocycles. The van der Waals surface area contributed by atoms with Gasteiger partial charge in [0.2, 0.25) is 17.7 Å². The first-order valence-electron chi connectivity index (χ1n) is 9.47. The fraction of sp³-hybridized carbons (Fsp3) is 0.318. The van der Waals surface area contributed by atoms with Crippen molar-refractivity contribution in [2.75, 3.05) is 23.8 Å². The number of likely N-dealkylation sites (N-methyl/N-ethyl adjacent to an activating group) is 1. The van der Waals surface area contributed by atoms with Crippen molar-refractivity contribution < 1.29 is 14.4 Å². The van der Waals surface area contributed by atoms with E-state index in [1.54, 1.807) is 31.3 Å². The molecule has 2 aromatic carbocycles. The molecule has 6 nitrogen and oxygen atoms in total. The monoisotopic (exact) mass is 381 g/mol. The second-order valence-corrected chi connectivity index (χ2v) is 6.56. The summed E-state index contributed by atoms with van der Waals surface area (Å²) in [5, 5.41) is 5.46. The van der Waals surface area contributed by atoms with Crippen LogP contribution in [-0.4, -0.2) is 31.3 Å². The van der Waals surface area contributed by atoms with Gasteiger partial charge in [-0.1, -0.05) is 55.8 Å². The third-order valence-corrected chi connectivity index (χ3v) is 4.29. The van der Waals surface area contributed by atoms with Gasteiger partial charge in [0.25, 0.3) is 0 Å². The van der Waals surface area contributed by atoms with Crippen molar-refractivity contribution in [2.45, 2.75) is 32.6 Å². The predicted octanol–water partition coefficient (Wildman–Crippen LogP) is 3.14. The minimum absolute atomic E-state index is 0.0924. The first kappa shape index (κ1) is 21.2. The van der Waals surface area contributed by atoms with E-state index in [0.29, 0.717) is 17.9 Å². The molecule has 0 radical (unpaired) electrons. The van der Waals surface area contributed by atoms with Gasteiger partial charge in [0.15, 0.2) is 0 Å². The Labute approximate surface area is 165 Å². The molecule has 0 aliphatic carbocycles. The number of carbonyl (C=O) groups is 3. The summed E-state index contributed by atoms with van der Waals surface area (Å²) in [7, 11) is 1.67. The zero-order valence-corrected chi connectivity index (χ0v) is 16.4. The zero-order valence-electron chi connectivity index (χ0n) is 16.4. The lowest BCUT2D eigenvalue weighted by Gasteiger charge is -2.21. The first-order valence-corrected chi connectivity index (χ1v) is 9.47. The van der Waals surface area contributed by atoms with E-state index in [4.69, 9.17) is 0 Å². The summed E-state index contributed by atoms with van der Waals surface area (Å²) in [6.07, 6.45) is 1.87. The maximum absolute atomic E-state index is 12.6. The van der Waals surface area contributed by atoms with Crippen LogP contribution in [0.2, 0.25) is 0 Å². The quantitative estimate of drug-likeness (QED) is 0.517. The molecular weight excluding hydrogens is 354 g/mol. The van der Waals surface area contributed by atoms with Crippen molar-refractivity contribution in [2.24, 2.45) is 0 Å². The molecule has 0 atom stereocenters. The van der Waals surface area contributed by atoms with Crippen LogP contribution in [0.5, 0.6) is 0 Å². The Morgan fingerprint density at radius 3 is 2.32 bits per heavy atom. The Bertz CT molecular complexity index is 806. The number of amides is 3. The Kier molecular flexibility index (Phi) is 8.21. The molecule has 0 unspecified atom stereocenters. The average Bonchev–Trinajstić information content (AvgIpc) is 2.68. The molecular formula is C22H27N3O3. The minimum Gasteiger partial charge on any atom is -0.356 e. The van der Waals surface area contributed by atoms with Crippen molar-refractivity contribution in [3.8, 4) is 0 Å². The van der Waals surface area contributed by atoms with Crippen LogP contribution in [-0.2, 0) is 20.8 Å². The first-order chi connectivity index (χ1) is 13.5. The number of nitrogens with zero attached hydrogens (tertiary/aromatic N) is 1. The second-order valence-electron chi connectivity index (χ2n) is 6.56. The minimum atomic E-state index is -0.412. The van der Waals surface area contributed by atoms with Crippen LogP contribution in [0, 0.1) is 0 Å². The molecule has 6 heteroatoms. The van der Waals surface area contributed by atoms with Crippen molar-refractivity contribution in [3.05, 3.63) is 60.2 Å². The van der Waals surface area contributed by atoms with Gasteiger partial charge in [0.1, 0.15) is 6.42 Å². The number of carbonyl (C=O) groups excluding carboxylic acids is 3. The molecule has 0 heterocycles. The van der Waals surface area contributed by atoms with E-state index < -0.39 is 5.91 Å². The molecule has 0 saturated heterocycles. The van der Waals surface area contributed by atoms with E-state index in [9.17, 15) is 14.4 Å². The number of hydrogen-bond donors (Lipinski definition) is 2. The fourth-order valence-electron chi connectivity index (χ4n) is 2.70. The number of unbranched alkanes of at least 4 members (excludes halogenated alkanes) is 1.